The van der Waals surface area contributed by atoms with Gasteiger partial charge in [-0.05, 0) is 44.1 Å². The number of hydrogen-bond donors (Lipinski definition) is 0. The van der Waals surface area contributed by atoms with Crippen LogP contribution in [0.3, 0.4) is 0 Å². The summed E-state index contributed by atoms with van der Waals surface area (Å²) in [6.45, 7) is 10.5. The molecule has 18 heavy (non-hydrogen) atoms. The molecule has 0 spiro atoms. The van der Waals surface area contributed by atoms with Gasteiger partial charge in [0.2, 0.25) is 5.91 Å². The largest absolute Gasteiger partial charge is 0.273 e. The molecule has 0 fully saturated rings. The van der Waals surface area contributed by atoms with Gasteiger partial charge in [-0.2, -0.15) is 5.10 Å². The summed E-state index contributed by atoms with van der Waals surface area (Å²) in [5.41, 5.74) is 4.18. The fraction of sp³-hybridized carbons (Fsp3) is 0.733. The smallest absolute Gasteiger partial charge is 0.240 e. The highest BCUT2D eigenvalue weighted by molar-refractivity contribution is 5.88. The van der Waals surface area contributed by atoms with E-state index in [2.05, 4.69) is 25.9 Å². The zero-order valence-electron chi connectivity index (χ0n) is 12.2. The standard InChI is InChI=1S/C15H24N2O/c1-10-7-6-8-15(4,5)14(10)13-9-11(2)16-17(13)12(3)18/h13H,6-9H2,1-5H3. The van der Waals surface area contributed by atoms with E-state index >= 15 is 0 Å². The lowest BCUT2D eigenvalue weighted by atomic mass is 9.69. The van der Waals surface area contributed by atoms with E-state index in [-0.39, 0.29) is 17.4 Å². The van der Waals surface area contributed by atoms with E-state index in [9.17, 15) is 4.79 Å². The average Bonchev–Trinajstić information content (AvgIpc) is 2.58. The molecule has 2 aliphatic rings. The van der Waals surface area contributed by atoms with Crippen molar-refractivity contribution in [1.82, 2.24) is 5.01 Å². The molecule has 0 aromatic heterocycles. The van der Waals surface area contributed by atoms with Crippen LogP contribution in [0.5, 0.6) is 0 Å². The zero-order valence-corrected chi connectivity index (χ0v) is 12.2. The highest BCUT2D eigenvalue weighted by Crippen LogP contribution is 2.44. The van der Waals surface area contributed by atoms with E-state index in [1.54, 1.807) is 11.9 Å². The summed E-state index contributed by atoms with van der Waals surface area (Å²) in [6.07, 6.45) is 4.53. The Hall–Kier alpha value is -1.12. The highest BCUT2D eigenvalue weighted by atomic mass is 16.2. The van der Waals surface area contributed by atoms with Gasteiger partial charge in [0.15, 0.2) is 0 Å². The normalized spacial score (nSPS) is 27.5. The van der Waals surface area contributed by atoms with E-state index < -0.39 is 0 Å². The molecule has 3 nitrogen and oxygen atoms in total. The van der Waals surface area contributed by atoms with Crippen LogP contribution in [-0.4, -0.2) is 22.7 Å². The summed E-state index contributed by atoms with van der Waals surface area (Å²) in [5, 5.41) is 6.11. The second-order valence-electron chi connectivity index (χ2n) is 6.35. The Labute approximate surface area is 110 Å². The van der Waals surface area contributed by atoms with Crippen LogP contribution >= 0.6 is 0 Å². The molecule has 1 heterocycles. The quantitative estimate of drug-likeness (QED) is 0.654. The zero-order chi connectivity index (χ0) is 13.5. The summed E-state index contributed by atoms with van der Waals surface area (Å²) in [6, 6.07) is 0.165. The summed E-state index contributed by atoms with van der Waals surface area (Å²) in [7, 11) is 0. The molecule has 3 heteroatoms. The van der Waals surface area contributed by atoms with Crippen LogP contribution in [0.25, 0.3) is 0 Å². The number of hydrazone groups is 1. The first-order valence-corrected chi connectivity index (χ1v) is 6.87. The number of amides is 1. The molecule has 1 aliphatic heterocycles. The van der Waals surface area contributed by atoms with Gasteiger partial charge in [-0.25, -0.2) is 5.01 Å². The van der Waals surface area contributed by atoms with Gasteiger partial charge in [0.25, 0.3) is 0 Å². The molecule has 1 amide bonds. The second kappa shape index (κ2) is 4.52. The first kappa shape index (κ1) is 13.3. The maximum atomic E-state index is 11.8. The fourth-order valence-electron chi connectivity index (χ4n) is 3.55. The van der Waals surface area contributed by atoms with Crippen LogP contribution in [0.2, 0.25) is 0 Å². The predicted molar refractivity (Wildman–Crippen MR) is 74.4 cm³/mol. The van der Waals surface area contributed by atoms with E-state index in [1.807, 2.05) is 6.92 Å². The molecule has 0 saturated heterocycles. The molecule has 0 bridgehead atoms. The van der Waals surface area contributed by atoms with Crippen molar-refractivity contribution in [3.8, 4) is 0 Å². The van der Waals surface area contributed by atoms with Gasteiger partial charge in [-0.1, -0.05) is 19.4 Å². The van der Waals surface area contributed by atoms with Crippen molar-refractivity contribution >= 4 is 11.6 Å². The lowest BCUT2D eigenvalue weighted by Gasteiger charge is -2.39. The minimum Gasteiger partial charge on any atom is -0.273 e. The Kier molecular flexibility index (Phi) is 3.35. The molecule has 1 aliphatic carbocycles. The number of carbonyl (C=O) groups is 1. The first-order valence-electron chi connectivity index (χ1n) is 6.87. The monoisotopic (exact) mass is 248 g/mol. The molecule has 0 N–H and O–H groups in total. The molecule has 2 rings (SSSR count). The van der Waals surface area contributed by atoms with Gasteiger partial charge in [0, 0.05) is 19.1 Å². The van der Waals surface area contributed by atoms with Crippen molar-refractivity contribution in [2.24, 2.45) is 10.5 Å². The summed E-state index contributed by atoms with van der Waals surface area (Å²) in [4.78, 5) is 11.8. The minimum atomic E-state index is 0.0542. The lowest BCUT2D eigenvalue weighted by molar-refractivity contribution is -0.130. The Bertz CT molecular complexity index is 432. The van der Waals surface area contributed by atoms with Gasteiger partial charge in [0.1, 0.15) is 0 Å². The summed E-state index contributed by atoms with van der Waals surface area (Å²) < 4.78 is 0. The minimum absolute atomic E-state index is 0.0542. The molecule has 100 valence electrons. The molecule has 0 radical (unpaired) electrons. The van der Waals surface area contributed by atoms with E-state index in [0.29, 0.717) is 0 Å². The fourth-order valence-corrected chi connectivity index (χ4v) is 3.55. The Morgan fingerprint density at radius 3 is 2.61 bits per heavy atom. The molecule has 1 unspecified atom stereocenters. The van der Waals surface area contributed by atoms with Gasteiger partial charge < -0.3 is 0 Å². The number of rotatable bonds is 1. The maximum Gasteiger partial charge on any atom is 0.240 e. The van der Waals surface area contributed by atoms with Crippen LogP contribution < -0.4 is 0 Å². The van der Waals surface area contributed by atoms with Crippen LogP contribution in [0.15, 0.2) is 16.2 Å². The van der Waals surface area contributed by atoms with Crippen molar-refractivity contribution in [2.75, 3.05) is 0 Å². The molecular formula is C15H24N2O. The van der Waals surface area contributed by atoms with Crippen LogP contribution in [-0.2, 0) is 4.79 Å². The van der Waals surface area contributed by atoms with Crippen LogP contribution in [0.4, 0.5) is 0 Å². The topological polar surface area (TPSA) is 32.7 Å². The third-order valence-corrected chi connectivity index (χ3v) is 4.26. The molecule has 0 saturated carbocycles. The number of carbonyl (C=O) groups excluding carboxylic acids is 1. The third kappa shape index (κ3) is 2.23. The number of nitrogens with zero attached hydrogens (tertiary/aromatic N) is 2. The van der Waals surface area contributed by atoms with Crippen molar-refractivity contribution in [2.45, 2.75) is 66.3 Å². The Morgan fingerprint density at radius 1 is 1.39 bits per heavy atom. The van der Waals surface area contributed by atoms with Gasteiger partial charge >= 0.3 is 0 Å². The van der Waals surface area contributed by atoms with Crippen LogP contribution in [0, 0.1) is 5.41 Å². The van der Waals surface area contributed by atoms with Gasteiger partial charge in [-0.15, -0.1) is 0 Å². The Morgan fingerprint density at radius 2 is 2.06 bits per heavy atom. The van der Waals surface area contributed by atoms with Crippen molar-refractivity contribution < 1.29 is 4.79 Å². The van der Waals surface area contributed by atoms with Crippen LogP contribution in [0.1, 0.15) is 60.3 Å². The number of hydrogen-bond acceptors (Lipinski definition) is 2. The van der Waals surface area contributed by atoms with Crippen molar-refractivity contribution in [1.29, 1.82) is 0 Å². The van der Waals surface area contributed by atoms with E-state index in [1.165, 1.54) is 30.4 Å². The van der Waals surface area contributed by atoms with Crippen molar-refractivity contribution in [3.05, 3.63) is 11.1 Å². The number of allylic oxidation sites excluding steroid dienone is 1. The molecule has 0 aromatic rings. The Balaban J connectivity index is 2.39. The van der Waals surface area contributed by atoms with Gasteiger partial charge in [-0.3, -0.25) is 4.79 Å². The van der Waals surface area contributed by atoms with Gasteiger partial charge in [0.05, 0.1) is 6.04 Å². The maximum absolute atomic E-state index is 11.8. The van der Waals surface area contributed by atoms with Crippen molar-refractivity contribution in [3.63, 3.8) is 0 Å². The lowest BCUT2D eigenvalue weighted by Crippen LogP contribution is -2.39. The second-order valence-corrected chi connectivity index (χ2v) is 6.35. The SMILES string of the molecule is CC(=O)N1N=C(C)CC1C1=C(C)CCCC1(C)C. The van der Waals surface area contributed by atoms with E-state index in [0.717, 1.165) is 12.1 Å². The summed E-state index contributed by atoms with van der Waals surface area (Å²) >= 11 is 0. The molecular weight excluding hydrogens is 224 g/mol. The highest BCUT2D eigenvalue weighted by Gasteiger charge is 2.39. The summed E-state index contributed by atoms with van der Waals surface area (Å²) in [5.74, 6) is 0.0542. The molecule has 0 aromatic carbocycles. The third-order valence-electron chi connectivity index (χ3n) is 4.26. The predicted octanol–water partition coefficient (Wildman–Crippen LogP) is 3.51. The van der Waals surface area contributed by atoms with E-state index in [4.69, 9.17) is 0 Å². The first-order chi connectivity index (χ1) is 8.33. The average molecular weight is 248 g/mol. The molecule has 1 atom stereocenters.